The van der Waals surface area contributed by atoms with E-state index in [-0.39, 0.29) is 11.8 Å². The summed E-state index contributed by atoms with van der Waals surface area (Å²) in [5.41, 5.74) is -1.55. The topological polar surface area (TPSA) is 49.4 Å². The second-order valence-electron chi connectivity index (χ2n) is 5.02. The fourth-order valence-corrected chi connectivity index (χ4v) is 2.45. The van der Waals surface area contributed by atoms with Gasteiger partial charge in [0.1, 0.15) is 11.1 Å². The summed E-state index contributed by atoms with van der Waals surface area (Å²) in [5.74, 6) is -0.102. The van der Waals surface area contributed by atoms with Gasteiger partial charge in [0.15, 0.2) is 0 Å². The summed E-state index contributed by atoms with van der Waals surface area (Å²) in [5, 5.41) is 2.82. The molecular weight excluding hydrogens is 216 g/mol. The molecule has 4 heteroatoms. The summed E-state index contributed by atoms with van der Waals surface area (Å²) in [6, 6.07) is 0. The van der Waals surface area contributed by atoms with Gasteiger partial charge in [-0.05, 0) is 26.7 Å². The predicted molar refractivity (Wildman–Crippen MR) is 67.4 cm³/mol. The van der Waals surface area contributed by atoms with E-state index in [2.05, 4.69) is 11.9 Å². The molecule has 0 radical (unpaired) electrons. The third-order valence-corrected chi connectivity index (χ3v) is 3.63. The zero-order valence-corrected chi connectivity index (χ0v) is 11.2. The van der Waals surface area contributed by atoms with Gasteiger partial charge in [-0.15, -0.1) is 6.58 Å². The Morgan fingerprint density at radius 3 is 2.24 bits per heavy atom. The van der Waals surface area contributed by atoms with E-state index in [4.69, 9.17) is 0 Å². The molecule has 1 aliphatic rings. The molecule has 0 unspecified atom stereocenters. The van der Waals surface area contributed by atoms with Crippen LogP contribution in [0.1, 0.15) is 40.5 Å². The smallest absolute Gasteiger partial charge is 0.248 e. The van der Waals surface area contributed by atoms with Crippen molar-refractivity contribution < 1.29 is 9.59 Å². The Balaban J connectivity index is 3.24. The molecule has 0 bridgehead atoms. The Morgan fingerprint density at radius 1 is 1.29 bits per heavy atom. The lowest BCUT2D eigenvalue weighted by Crippen LogP contribution is -2.73. The van der Waals surface area contributed by atoms with E-state index in [0.717, 1.165) is 0 Å². The van der Waals surface area contributed by atoms with Crippen molar-refractivity contribution in [3.8, 4) is 0 Å². The van der Waals surface area contributed by atoms with Gasteiger partial charge in [0, 0.05) is 6.54 Å². The van der Waals surface area contributed by atoms with E-state index in [1.807, 2.05) is 13.8 Å². The molecule has 1 aliphatic heterocycles. The molecule has 1 heterocycles. The van der Waals surface area contributed by atoms with E-state index < -0.39 is 11.1 Å². The number of amides is 2. The third-order valence-electron chi connectivity index (χ3n) is 3.63. The number of carbonyl (C=O) groups excluding carboxylic acids is 2. The first-order valence-electron chi connectivity index (χ1n) is 6.11. The number of piperazine rings is 1. The van der Waals surface area contributed by atoms with Crippen LogP contribution >= 0.6 is 0 Å². The molecule has 96 valence electrons. The Bertz CT molecular complexity index is 343. The Labute approximate surface area is 103 Å². The molecule has 0 aromatic heterocycles. The Kier molecular flexibility index (Phi) is 3.65. The maximum Gasteiger partial charge on any atom is 0.248 e. The molecule has 0 aliphatic carbocycles. The van der Waals surface area contributed by atoms with Crippen LogP contribution in [0.4, 0.5) is 0 Å². The molecule has 0 spiro atoms. The fourth-order valence-electron chi connectivity index (χ4n) is 2.45. The molecule has 1 rings (SSSR count). The van der Waals surface area contributed by atoms with Gasteiger partial charge in [0.2, 0.25) is 11.8 Å². The van der Waals surface area contributed by atoms with Crippen LogP contribution in [0.2, 0.25) is 0 Å². The lowest BCUT2D eigenvalue weighted by Gasteiger charge is -2.50. The highest BCUT2D eigenvalue weighted by Gasteiger charge is 2.52. The van der Waals surface area contributed by atoms with E-state index in [0.29, 0.717) is 19.4 Å². The summed E-state index contributed by atoms with van der Waals surface area (Å²) >= 11 is 0. The first kappa shape index (κ1) is 13.7. The lowest BCUT2D eigenvalue weighted by atomic mass is 9.83. The summed E-state index contributed by atoms with van der Waals surface area (Å²) in [4.78, 5) is 26.3. The zero-order valence-electron chi connectivity index (χ0n) is 11.2. The number of nitrogens with zero attached hydrogens (tertiary/aromatic N) is 1. The van der Waals surface area contributed by atoms with Crippen LogP contribution < -0.4 is 5.32 Å². The van der Waals surface area contributed by atoms with Gasteiger partial charge in [-0.1, -0.05) is 19.9 Å². The van der Waals surface area contributed by atoms with Crippen molar-refractivity contribution >= 4 is 11.8 Å². The summed E-state index contributed by atoms with van der Waals surface area (Å²) < 4.78 is 0. The van der Waals surface area contributed by atoms with Gasteiger partial charge in [-0.2, -0.15) is 0 Å². The quantitative estimate of drug-likeness (QED) is 0.754. The molecule has 17 heavy (non-hydrogen) atoms. The monoisotopic (exact) mass is 238 g/mol. The van der Waals surface area contributed by atoms with E-state index >= 15 is 0 Å². The van der Waals surface area contributed by atoms with Crippen LogP contribution in [0.3, 0.4) is 0 Å². The maximum atomic E-state index is 12.4. The fraction of sp³-hybridized carbons (Fsp3) is 0.692. The van der Waals surface area contributed by atoms with Crippen LogP contribution in [0.15, 0.2) is 12.7 Å². The Morgan fingerprint density at radius 2 is 1.82 bits per heavy atom. The van der Waals surface area contributed by atoms with Crippen molar-refractivity contribution in [2.45, 2.75) is 51.6 Å². The van der Waals surface area contributed by atoms with Crippen LogP contribution in [0.25, 0.3) is 0 Å². The first-order chi connectivity index (χ1) is 7.85. The van der Waals surface area contributed by atoms with Crippen molar-refractivity contribution in [1.29, 1.82) is 0 Å². The van der Waals surface area contributed by atoms with E-state index in [1.54, 1.807) is 24.8 Å². The molecule has 1 fully saturated rings. The highest BCUT2D eigenvalue weighted by molar-refractivity contribution is 6.01. The van der Waals surface area contributed by atoms with Crippen molar-refractivity contribution in [2.75, 3.05) is 6.54 Å². The van der Waals surface area contributed by atoms with Crippen LogP contribution in [0, 0.1) is 0 Å². The highest BCUT2D eigenvalue weighted by atomic mass is 16.2. The average Bonchev–Trinajstić information content (AvgIpc) is 2.27. The molecule has 0 aromatic carbocycles. The first-order valence-corrected chi connectivity index (χ1v) is 6.11. The maximum absolute atomic E-state index is 12.4. The van der Waals surface area contributed by atoms with Crippen molar-refractivity contribution in [1.82, 2.24) is 10.2 Å². The standard InChI is InChI=1S/C13H22N2O2/c1-6-9-15-11(17)12(4,5)14-10(16)13(15,7-2)8-3/h6H,1,7-9H2,2-5H3,(H,14,16). The number of hydrogen-bond acceptors (Lipinski definition) is 2. The Hall–Kier alpha value is -1.32. The van der Waals surface area contributed by atoms with Gasteiger partial charge in [-0.25, -0.2) is 0 Å². The highest BCUT2D eigenvalue weighted by Crippen LogP contribution is 2.31. The van der Waals surface area contributed by atoms with Gasteiger partial charge in [-0.3, -0.25) is 9.59 Å². The largest absolute Gasteiger partial charge is 0.340 e. The normalized spacial score (nSPS) is 22.2. The van der Waals surface area contributed by atoms with Crippen LogP contribution in [-0.4, -0.2) is 34.3 Å². The molecule has 0 atom stereocenters. The molecule has 1 N–H and O–H groups in total. The van der Waals surface area contributed by atoms with Gasteiger partial charge in [0.25, 0.3) is 0 Å². The van der Waals surface area contributed by atoms with Crippen LogP contribution in [0.5, 0.6) is 0 Å². The van der Waals surface area contributed by atoms with E-state index in [9.17, 15) is 9.59 Å². The van der Waals surface area contributed by atoms with E-state index in [1.165, 1.54) is 0 Å². The number of hydrogen-bond donors (Lipinski definition) is 1. The second-order valence-corrected chi connectivity index (χ2v) is 5.02. The molecule has 2 amide bonds. The lowest BCUT2D eigenvalue weighted by molar-refractivity contribution is -0.161. The summed E-state index contributed by atoms with van der Waals surface area (Å²) in [6.45, 7) is 11.4. The minimum Gasteiger partial charge on any atom is -0.340 e. The predicted octanol–water partition coefficient (Wildman–Crippen LogP) is 1.47. The third kappa shape index (κ3) is 1.96. The molecular formula is C13H22N2O2. The molecule has 1 saturated heterocycles. The number of carbonyl (C=O) groups is 2. The summed E-state index contributed by atoms with van der Waals surface area (Å²) in [6.07, 6.45) is 2.91. The van der Waals surface area contributed by atoms with Gasteiger partial charge in [0.05, 0.1) is 0 Å². The number of rotatable bonds is 4. The molecule has 4 nitrogen and oxygen atoms in total. The van der Waals surface area contributed by atoms with Gasteiger partial charge >= 0.3 is 0 Å². The SMILES string of the molecule is C=CCN1C(=O)C(C)(C)NC(=O)C1(CC)CC. The molecule has 0 aromatic rings. The minimum atomic E-state index is -0.825. The average molecular weight is 238 g/mol. The minimum absolute atomic E-state index is 0.0410. The van der Waals surface area contributed by atoms with Crippen molar-refractivity contribution in [3.05, 3.63) is 12.7 Å². The van der Waals surface area contributed by atoms with Crippen molar-refractivity contribution in [3.63, 3.8) is 0 Å². The van der Waals surface area contributed by atoms with Crippen molar-refractivity contribution in [2.24, 2.45) is 0 Å². The second kappa shape index (κ2) is 4.51. The molecule has 0 saturated carbocycles. The number of nitrogens with one attached hydrogen (secondary N) is 1. The van der Waals surface area contributed by atoms with Crippen LogP contribution in [-0.2, 0) is 9.59 Å². The summed E-state index contributed by atoms with van der Waals surface area (Å²) in [7, 11) is 0. The van der Waals surface area contributed by atoms with Gasteiger partial charge < -0.3 is 10.2 Å². The zero-order chi connectivity index (χ0) is 13.3.